The molecule has 0 rings (SSSR count). The van der Waals surface area contributed by atoms with Gasteiger partial charge in [0.1, 0.15) is 11.3 Å². The standard InChI is InChI=1S/C7H14N2.C6H12O/c1-3-4-5-7(2,9)6-8;1-3-4-5-6(2)7/h3-5,9H2,1-2H3;3-5H2,1-2H3. The number of hydrogen-bond donors (Lipinski definition) is 1. The van der Waals surface area contributed by atoms with Gasteiger partial charge in [-0.05, 0) is 26.7 Å². The van der Waals surface area contributed by atoms with E-state index < -0.39 is 5.54 Å². The normalized spacial score (nSPS) is 13.0. The molecule has 16 heavy (non-hydrogen) atoms. The molecule has 0 aromatic carbocycles. The molecule has 0 amide bonds. The van der Waals surface area contributed by atoms with Crippen LogP contribution < -0.4 is 5.73 Å². The molecule has 3 heteroatoms. The van der Waals surface area contributed by atoms with E-state index in [2.05, 4.69) is 19.9 Å². The van der Waals surface area contributed by atoms with Crippen molar-refractivity contribution >= 4 is 5.78 Å². The van der Waals surface area contributed by atoms with Gasteiger partial charge in [-0.3, -0.25) is 0 Å². The molecule has 3 nitrogen and oxygen atoms in total. The van der Waals surface area contributed by atoms with Gasteiger partial charge in [-0.25, -0.2) is 0 Å². The summed E-state index contributed by atoms with van der Waals surface area (Å²) in [6.45, 7) is 7.58. The predicted molar refractivity (Wildman–Crippen MR) is 67.9 cm³/mol. The van der Waals surface area contributed by atoms with Crippen molar-refractivity contribution < 1.29 is 4.79 Å². The second-order valence-corrected chi connectivity index (χ2v) is 4.44. The Balaban J connectivity index is 0. The maximum atomic E-state index is 10.2. The van der Waals surface area contributed by atoms with Crippen LogP contribution in [0.1, 0.15) is 66.2 Å². The van der Waals surface area contributed by atoms with Gasteiger partial charge >= 0.3 is 0 Å². The van der Waals surface area contributed by atoms with Crippen LogP contribution in [0.25, 0.3) is 0 Å². The Morgan fingerprint density at radius 1 is 1.31 bits per heavy atom. The van der Waals surface area contributed by atoms with Crippen LogP contribution in [-0.4, -0.2) is 11.3 Å². The number of nitriles is 1. The average molecular weight is 226 g/mol. The van der Waals surface area contributed by atoms with E-state index in [-0.39, 0.29) is 0 Å². The summed E-state index contributed by atoms with van der Waals surface area (Å²) in [5.41, 5.74) is 4.94. The molecule has 1 unspecified atom stereocenters. The molecule has 0 aliphatic heterocycles. The quantitative estimate of drug-likeness (QED) is 0.756. The number of Topliss-reactive ketones (excluding diaryl/α,β-unsaturated/α-hetero) is 1. The van der Waals surface area contributed by atoms with Gasteiger partial charge in [-0.2, -0.15) is 5.26 Å². The van der Waals surface area contributed by atoms with Gasteiger partial charge in [-0.15, -0.1) is 0 Å². The lowest BCUT2D eigenvalue weighted by atomic mass is 9.99. The van der Waals surface area contributed by atoms with E-state index >= 15 is 0 Å². The molecule has 94 valence electrons. The Kier molecular flexibility index (Phi) is 11.6. The maximum absolute atomic E-state index is 10.2. The summed E-state index contributed by atoms with van der Waals surface area (Å²) in [7, 11) is 0. The number of carbonyl (C=O) groups is 1. The highest BCUT2D eigenvalue weighted by Crippen LogP contribution is 2.07. The topological polar surface area (TPSA) is 66.9 Å². The molecular formula is C13H26N2O. The number of ketones is 1. The lowest BCUT2D eigenvalue weighted by Gasteiger charge is -2.13. The highest BCUT2D eigenvalue weighted by Gasteiger charge is 2.14. The van der Waals surface area contributed by atoms with Crippen LogP contribution in [0.15, 0.2) is 0 Å². The van der Waals surface area contributed by atoms with Crippen LogP contribution in [0, 0.1) is 11.3 Å². The van der Waals surface area contributed by atoms with E-state index in [1.807, 2.05) is 0 Å². The SMILES string of the molecule is CCCCC(C)(N)C#N.CCCCC(C)=O. The van der Waals surface area contributed by atoms with Crippen molar-refractivity contribution in [1.82, 2.24) is 0 Å². The van der Waals surface area contributed by atoms with Crippen LogP contribution >= 0.6 is 0 Å². The predicted octanol–water partition coefficient (Wildman–Crippen LogP) is 3.18. The highest BCUT2D eigenvalue weighted by molar-refractivity contribution is 5.75. The summed E-state index contributed by atoms with van der Waals surface area (Å²) >= 11 is 0. The minimum absolute atomic E-state index is 0.307. The smallest absolute Gasteiger partial charge is 0.129 e. The van der Waals surface area contributed by atoms with Crippen LogP contribution in [0.4, 0.5) is 0 Å². The Labute approximate surface area is 100 Å². The molecule has 0 radical (unpaired) electrons. The summed E-state index contributed by atoms with van der Waals surface area (Å²) in [6.07, 6.45) is 5.89. The third-order valence-corrected chi connectivity index (χ3v) is 2.19. The molecule has 0 heterocycles. The van der Waals surface area contributed by atoms with Gasteiger partial charge in [0.15, 0.2) is 0 Å². The summed E-state index contributed by atoms with van der Waals surface area (Å²) in [5, 5.41) is 8.45. The lowest BCUT2D eigenvalue weighted by molar-refractivity contribution is -0.117. The van der Waals surface area contributed by atoms with E-state index in [1.165, 1.54) is 0 Å². The zero-order chi connectivity index (χ0) is 13.0. The zero-order valence-corrected chi connectivity index (χ0v) is 11.2. The maximum Gasteiger partial charge on any atom is 0.129 e. The molecule has 0 aliphatic rings. The van der Waals surface area contributed by atoms with Crippen LogP contribution in [0.2, 0.25) is 0 Å². The van der Waals surface area contributed by atoms with Crippen molar-refractivity contribution in [2.45, 2.75) is 71.8 Å². The number of carbonyl (C=O) groups excluding carboxylic acids is 1. The second-order valence-electron chi connectivity index (χ2n) is 4.44. The van der Waals surface area contributed by atoms with Gasteiger partial charge in [-0.1, -0.05) is 33.1 Å². The Morgan fingerprint density at radius 2 is 1.81 bits per heavy atom. The first kappa shape index (κ1) is 17.5. The molecule has 0 spiro atoms. The molecule has 1 atom stereocenters. The van der Waals surface area contributed by atoms with E-state index in [0.717, 1.165) is 38.5 Å². The number of hydrogen-bond acceptors (Lipinski definition) is 3. The van der Waals surface area contributed by atoms with E-state index in [9.17, 15) is 4.79 Å². The largest absolute Gasteiger partial charge is 0.314 e. The van der Waals surface area contributed by atoms with Gasteiger partial charge in [0, 0.05) is 6.42 Å². The van der Waals surface area contributed by atoms with Crippen molar-refractivity contribution in [3.63, 3.8) is 0 Å². The molecule has 0 bridgehead atoms. The molecular weight excluding hydrogens is 200 g/mol. The van der Waals surface area contributed by atoms with E-state index in [4.69, 9.17) is 11.0 Å². The van der Waals surface area contributed by atoms with Crippen molar-refractivity contribution in [3.05, 3.63) is 0 Å². The number of unbranched alkanes of at least 4 members (excludes halogenated alkanes) is 2. The monoisotopic (exact) mass is 226 g/mol. The van der Waals surface area contributed by atoms with Crippen LogP contribution in [0.3, 0.4) is 0 Å². The molecule has 0 saturated heterocycles. The van der Waals surface area contributed by atoms with Crippen molar-refractivity contribution in [3.8, 4) is 6.07 Å². The minimum Gasteiger partial charge on any atom is -0.314 e. The molecule has 0 aromatic rings. The molecule has 0 aliphatic carbocycles. The van der Waals surface area contributed by atoms with E-state index in [0.29, 0.717) is 5.78 Å². The average Bonchev–Trinajstić information content (AvgIpc) is 2.24. The summed E-state index contributed by atoms with van der Waals surface area (Å²) in [5.74, 6) is 0.307. The molecule has 0 aromatic heterocycles. The van der Waals surface area contributed by atoms with Crippen LogP contribution in [0.5, 0.6) is 0 Å². The van der Waals surface area contributed by atoms with E-state index in [1.54, 1.807) is 13.8 Å². The van der Waals surface area contributed by atoms with Crippen LogP contribution in [-0.2, 0) is 4.79 Å². The number of nitrogens with zero attached hydrogens (tertiary/aromatic N) is 1. The molecule has 0 saturated carbocycles. The molecule has 2 N–H and O–H groups in total. The van der Waals surface area contributed by atoms with Crippen molar-refractivity contribution in [2.75, 3.05) is 0 Å². The summed E-state index contributed by atoms with van der Waals surface area (Å²) < 4.78 is 0. The summed E-state index contributed by atoms with van der Waals surface area (Å²) in [6, 6.07) is 2.05. The Morgan fingerprint density at radius 3 is 2.06 bits per heavy atom. The lowest BCUT2D eigenvalue weighted by Crippen LogP contribution is -2.33. The first-order chi connectivity index (χ1) is 7.39. The fourth-order valence-corrected chi connectivity index (χ4v) is 1.03. The molecule has 0 fully saturated rings. The van der Waals surface area contributed by atoms with Crippen molar-refractivity contribution in [2.24, 2.45) is 5.73 Å². The third kappa shape index (κ3) is 15.6. The van der Waals surface area contributed by atoms with Gasteiger partial charge in [0.05, 0.1) is 6.07 Å². The van der Waals surface area contributed by atoms with Gasteiger partial charge in [0.25, 0.3) is 0 Å². The van der Waals surface area contributed by atoms with Gasteiger partial charge < -0.3 is 10.5 Å². The second kappa shape index (κ2) is 10.6. The highest BCUT2D eigenvalue weighted by atomic mass is 16.1. The third-order valence-electron chi connectivity index (χ3n) is 2.19. The fraction of sp³-hybridized carbons (Fsp3) is 0.846. The zero-order valence-electron chi connectivity index (χ0n) is 11.2. The number of nitrogens with two attached hydrogens (primary N) is 1. The number of rotatable bonds is 6. The summed E-state index contributed by atoms with van der Waals surface area (Å²) in [4.78, 5) is 10.2. The first-order valence-corrected chi connectivity index (χ1v) is 6.09. The Hall–Kier alpha value is -0.880. The van der Waals surface area contributed by atoms with Gasteiger partial charge in [0.2, 0.25) is 0 Å². The minimum atomic E-state index is -0.601. The Bertz CT molecular complexity index is 216. The first-order valence-electron chi connectivity index (χ1n) is 6.09. The van der Waals surface area contributed by atoms with Crippen molar-refractivity contribution in [1.29, 1.82) is 5.26 Å². The fourth-order valence-electron chi connectivity index (χ4n) is 1.03.